The van der Waals surface area contributed by atoms with Crippen molar-refractivity contribution >= 4 is 11.6 Å². The first kappa shape index (κ1) is 17.8. The van der Waals surface area contributed by atoms with Crippen LogP contribution in [0.1, 0.15) is 24.8 Å². The van der Waals surface area contributed by atoms with Crippen LogP contribution in [0.5, 0.6) is 0 Å². The number of pyridine rings is 1. The summed E-state index contributed by atoms with van der Waals surface area (Å²) in [6, 6.07) is 12.2. The van der Waals surface area contributed by atoms with Crippen molar-refractivity contribution < 1.29 is 9.50 Å². The molecule has 29 heavy (non-hydrogen) atoms. The van der Waals surface area contributed by atoms with Crippen molar-refractivity contribution in [3.8, 4) is 22.6 Å². The zero-order valence-corrected chi connectivity index (χ0v) is 15.7. The molecule has 0 unspecified atom stereocenters. The van der Waals surface area contributed by atoms with Gasteiger partial charge in [-0.05, 0) is 67.3 Å². The van der Waals surface area contributed by atoms with Crippen LogP contribution in [-0.4, -0.2) is 30.5 Å². The molecule has 5 rings (SSSR count). The number of aliphatic hydroxyl groups excluding tert-OH is 1. The molecule has 7 heteroatoms. The van der Waals surface area contributed by atoms with Crippen LogP contribution in [0.2, 0.25) is 0 Å². The number of aromatic nitrogens is 4. The van der Waals surface area contributed by atoms with Gasteiger partial charge in [0.2, 0.25) is 5.95 Å². The number of halogens is 1. The van der Waals surface area contributed by atoms with Crippen molar-refractivity contribution in [1.82, 2.24) is 19.4 Å². The van der Waals surface area contributed by atoms with Crippen molar-refractivity contribution in [1.29, 1.82) is 0 Å². The van der Waals surface area contributed by atoms with Gasteiger partial charge in [0.05, 0.1) is 23.7 Å². The molecule has 0 radical (unpaired) electrons. The Morgan fingerprint density at radius 1 is 1.10 bits per heavy atom. The molecule has 1 saturated carbocycles. The summed E-state index contributed by atoms with van der Waals surface area (Å²) >= 11 is 0. The van der Waals surface area contributed by atoms with E-state index in [4.69, 9.17) is 9.97 Å². The maximum Gasteiger partial charge on any atom is 0.223 e. The second kappa shape index (κ2) is 7.25. The lowest BCUT2D eigenvalue weighted by Crippen LogP contribution is -2.28. The van der Waals surface area contributed by atoms with Gasteiger partial charge in [0.1, 0.15) is 11.5 Å². The van der Waals surface area contributed by atoms with Gasteiger partial charge in [-0.3, -0.25) is 4.40 Å². The van der Waals surface area contributed by atoms with Crippen LogP contribution in [0.15, 0.2) is 54.9 Å². The van der Waals surface area contributed by atoms with Crippen LogP contribution in [0, 0.1) is 5.82 Å². The van der Waals surface area contributed by atoms with Gasteiger partial charge in [0.25, 0.3) is 0 Å². The number of nitrogens with one attached hydrogen (secondary N) is 1. The van der Waals surface area contributed by atoms with E-state index in [-0.39, 0.29) is 12.4 Å². The topological polar surface area (TPSA) is 75.3 Å². The molecule has 1 aromatic carbocycles. The smallest absolute Gasteiger partial charge is 0.223 e. The van der Waals surface area contributed by atoms with Gasteiger partial charge in [-0.15, -0.1) is 0 Å². The maximum atomic E-state index is 13.5. The Morgan fingerprint density at radius 2 is 1.93 bits per heavy atom. The molecular formula is C22H20FN5O. The summed E-state index contributed by atoms with van der Waals surface area (Å²) in [6.45, 7) is -0.0620. The summed E-state index contributed by atoms with van der Waals surface area (Å²) in [5.74, 6) is 0.301. The monoisotopic (exact) mass is 389 g/mol. The van der Waals surface area contributed by atoms with E-state index in [1.165, 1.54) is 18.6 Å². The molecule has 0 amide bonds. The SMILES string of the molecule is OCc1ccn2c(-c3ccnc(NC4CCC4)n3)c(-c3ccc(F)cc3)nc2c1. The number of imidazole rings is 1. The first-order valence-electron chi connectivity index (χ1n) is 9.69. The predicted molar refractivity (Wildman–Crippen MR) is 109 cm³/mol. The van der Waals surface area contributed by atoms with E-state index in [1.54, 1.807) is 18.3 Å². The number of fused-ring (bicyclic) bond motifs is 1. The van der Waals surface area contributed by atoms with Gasteiger partial charge < -0.3 is 10.4 Å². The zero-order valence-electron chi connectivity index (χ0n) is 15.7. The molecule has 0 saturated heterocycles. The minimum Gasteiger partial charge on any atom is -0.392 e. The van der Waals surface area contributed by atoms with Gasteiger partial charge in [-0.1, -0.05) is 0 Å². The molecule has 1 aliphatic carbocycles. The van der Waals surface area contributed by atoms with Crippen LogP contribution in [0.4, 0.5) is 10.3 Å². The average molecular weight is 389 g/mol. The molecular weight excluding hydrogens is 369 g/mol. The Labute approximate surface area is 167 Å². The molecule has 0 atom stereocenters. The van der Waals surface area contributed by atoms with E-state index in [2.05, 4.69) is 10.3 Å². The van der Waals surface area contributed by atoms with E-state index in [0.29, 0.717) is 23.3 Å². The van der Waals surface area contributed by atoms with Crippen LogP contribution < -0.4 is 5.32 Å². The Morgan fingerprint density at radius 3 is 2.66 bits per heavy atom. The van der Waals surface area contributed by atoms with Gasteiger partial charge in [-0.25, -0.2) is 19.3 Å². The van der Waals surface area contributed by atoms with Crippen LogP contribution in [-0.2, 0) is 6.61 Å². The number of benzene rings is 1. The highest BCUT2D eigenvalue weighted by molar-refractivity contribution is 5.80. The Kier molecular flexibility index (Phi) is 4.44. The number of anilines is 1. The van der Waals surface area contributed by atoms with Crippen molar-refractivity contribution in [3.63, 3.8) is 0 Å². The molecule has 3 heterocycles. The first-order valence-corrected chi connectivity index (χ1v) is 9.69. The number of aliphatic hydroxyl groups is 1. The summed E-state index contributed by atoms with van der Waals surface area (Å²) in [5, 5.41) is 12.9. The van der Waals surface area contributed by atoms with Gasteiger partial charge >= 0.3 is 0 Å². The summed E-state index contributed by atoms with van der Waals surface area (Å²) in [7, 11) is 0. The standard InChI is InChI=1S/C22H20FN5O/c23-16-6-4-15(5-7-16)20-21(28-11-9-14(13-29)12-19(28)27-20)18-8-10-24-22(26-18)25-17-2-1-3-17/h4-12,17,29H,1-3,13H2,(H,24,25,26). The highest BCUT2D eigenvalue weighted by atomic mass is 19.1. The average Bonchev–Trinajstić information content (AvgIpc) is 3.10. The molecule has 4 aromatic rings. The fourth-order valence-electron chi connectivity index (χ4n) is 3.53. The van der Waals surface area contributed by atoms with E-state index in [9.17, 15) is 9.50 Å². The van der Waals surface area contributed by atoms with Crippen LogP contribution in [0.25, 0.3) is 28.3 Å². The molecule has 1 aliphatic rings. The van der Waals surface area contributed by atoms with E-state index in [1.807, 2.05) is 28.8 Å². The second-order valence-corrected chi connectivity index (χ2v) is 7.27. The minimum atomic E-state index is -0.296. The van der Waals surface area contributed by atoms with Crippen LogP contribution in [0.3, 0.4) is 0 Å². The summed E-state index contributed by atoms with van der Waals surface area (Å²) in [4.78, 5) is 13.8. The highest BCUT2D eigenvalue weighted by Gasteiger charge is 2.20. The fourth-order valence-corrected chi connectivity index (χ4v) is 3.53. The Balaban J connectivity index is 1.67. The normalized spacial score (nSPS) is 14.1. The summed E-state index contributed by atoms with van der Waals surface area (Å²) < 4.78 is 15.4. The molecule has 146 valence electrons. The van der Waals surface area contributed by atoms with Crippen LogP contribution >= 0.6 is 0 Å². The Bertz CT molecular complexity index is 1170. The molecule has 2 N–H and O–H groups in total. The van der Waals surface area contributed by atoms with Crippen molar-refractivity contribution in [2.75, 3.05) is 5.32 Å². The quantitative estimate of drug-likeness (QED) is 0.539. The number of rotatable bonds is 5. The number of nitrogens with zero attached hydrogens (tertiary/aromatic N) is 4. The molecule has 3 aromatic heterocycles. The highest BCUT2D eigenvalue weighted by Crippen LogP contribution is 2.33. The molecule has 6 nitrogen and oxygen atoms in total. The third kappa shape index (κ3) is 3.34. The van der Waals surface area contributed by atoms with Gasteiger partial charge in [0, 0.05) is 24.0 Å². The lowest BCUT2D eigenvalue weighted by molar-refractivity contribution is 0.282. The van der Waals surface area contributed by atoms with Gasteiger partial charge in [-0.2, -0.15) is 0 Å². The third-order valence-corrected chi connectivity index (χ3v) is 5.33. The van der Waals surface area contributed by atoms with E-state index < -0.39 is 0 Å². The fraction of sp³-hybridized carbons (Fsp3) is 0.227. The van der Waals surface area contributed by atoms with Crippen molar-refractivity contribution in [3.05, 3.63) is 66.2 Å². The third-order valence-electron chi connectivity index (χ3n) is 5.33. The van der Waals surface area contributed by atoms with Crippen molar-refractivity contribution in [2.24, 2.45) is 0 Å². The first-order chi connectivity index (χ1) is 14.2. The molecule has 0 aliphatic heterocycles. The summed E-state index contributed by atoms with van der Waals surface area (Å²) in [5.41, 5.74) is 4.49. The van der Waals surface area contributed by atoms with E-state index >= 15 is 0 Å². The lowest BCUT2D eigenvalue weighted by Gasteiger charge is -2.26. The minimum absolute atomic E-state index is 0.0620. The van der Waals surface area contributed by atoms with Crippen molar-refractivity contribution in [2.45, 2.75) is 31.9 Å². The maximum absolute atomic E-state index is 13.5. The summed E-state index contributed by atoms with van der Waals surface area (Å²) in [6.07, 6.45) is 7.10. The molecule has 1 fully saturated rings. The molecule has 0 spiro atoms. The van der Waals surface area contributed by atoms with Gasteiger partial charge in [0.15, 0.2) is 0 Å². The Hall–Kier alpha value is -3.32. The zero-order chi connectivity index (χ0) is 19.8. The predicted octanol–water partition coefficient (Wildman–Crippen LogP) is 4.05. The van der Waals surface area contributed by atoms with E-state index in [0.717, 1.165) is 35.4 Å². The molecule has 0 bridgehead atoms. The second-order valence-electron chi connectivity index (χ2n) is 7.27. The number of hydrogen-bond donors (Lipinski definition) is 2. The lowest BCUT2D eigenvalue weighted by atomic mass is 9.93. The number of hydrogen-bond acceptors (Lipinski definition) is 5. The largest absolute Gasteiger partial charge is 0.392 e.